The fourth-order valence-corrected chi connectivity index (χ4v) is 1.92. The van der Waals surface area contributed by atoms with Gasteiger partial charge < -0.3 is 0 Å². The molecule has 1 fully saturated rings. The fraction of sp³-hybridized carbons (Fsp3) is 1.00. The molecule has 0 aliphatic heterocycles. The molecule has 0 bridgehead atoms. The van der Waals surface area contributed by atoms with E-state index in [1.807, 2.05) is 0 Å². The van der Waals surface area contributed by atoms with Crippen molar-refractivity contribution in [3.8, 4) is 0 Å². The van der Waals surface area contributed by atoms with Gasteiger partial charge in [-0.15, -0.1) is 0 Å². The highest BCUT2D eigenvalue weighted by Crippen LogP contribution is 2.25. The Labute approximate surface area is 68.5 Å². The second-order valence-corrected chi connectivity index (χ2v) is 3.88. The summed E-state index contributed by atoms with van der Waals surface area (Å²) in [5.74, 6) is 0.751. The minimum absolute atomic E-state index is 0.0736. The van der Waals surface area contributed by atoms with Crippen LogP contribution in [0.25, 0.3) is 0 Å². The van der Waals surface area contributed by atoms with Crippen LogP contribution in [-0.4, -0.2) is 14.5 Å². The van der Waals surface area contributed by atoms with Gasteiger partial charge in [0.05, 0.1) is 6.04 Å². The normalized spacial score (nSPS) is 31.4. The van der Waals surface area contributed by atoms with E-state index in [0.717, 1.165) is 31.6 Å². The summed E-state index contributed by atoms with van der Waals surface area (Å²) in [7, 11) is -2.20. The molecule has 1 rings (SSSR count). The molecule has 0 saturated heterocycles. The van der Waals surface area contributed by atoms with E-state index in [9.17, 15) is 8.42 Å². The van der Waals surface area contributed by atoms with Crippen LogP contribution in [0.2, 0.25) is 0 Å². The van der Waals surface area contributed by atoms with E-state index >= 15 is 0 Å². The summed E-state index contributed by atoms with van der Waals surface area (Å²) in [6.45, 7) is 2.20. The van der Waals surface area contributed by atoms with Crippen molar-refractivity contribution < 1.29 is 8.42 Å². The van der Waals surface area contributed by atoms with Crippen molar-refractivity contribution in [2.24, 2.45) is 10.3 Å². The monoisotopic (exact) mass is 175 g/mol. The van der Waals surface area contributed by atoms with Gasteiger partial charge in [-0.05, 0) is 31.6 Å². The van der Waals surface area contributed by atoms with Crippen LogP contribution in [0.1, 0.15) is 32.6 Å². The minimum Gasteiger partial charge on any atom is -0.168 e. The van der Waals surface area contributed by atoms with Crippen molar-refractivity contribution >= 4 is 10.5 Å². The molecule has 0 aromatic heterocycles. The Balaban J connectivity index is 2.46. The minimum atomic E-state index is -2.20. The average Bonchev–Trinajstić information content (AvgIpc) is 1.93. The van der Waals surface area contributed by atoms with Crippen molar-refractivity contribution in [2.75, 3.05) is 0 Å². The molecule has 3 nitrogen and oxygen atoms in total. The van der Waals surface area contributed by atoms with Gasteiger partial charge in [-0.25, -0.2) is 0 Å². The molecule has 0 unspecified atom stereocenters. The molecule has 0 heterocycles. The summed E-state index contributed by atoms with van der Waals surface area (Å²) in [6, 6.07) is 0.0736. The predicted molar refractivity (Wildman–Crippen MR) is 42.8 cm³/mol. The van der Waals surface area contributed by atoms with Crippen molar-refractivity contribution in [2.45, 2.75) is 38.6 Å². The van der Waals surface area contributed by atoms with Gasteiger partial charge in [-0.3, -0.25) is 0 Å². The molecule has 1 saturated carbocycles. The molecule has 0 radical (unpaired) electrons. The van der Waals surface area contributed by atoms with Gasteiger partial charge in [0.2, 0.25) is 0 Å². The lowest BCUT2D eigenvalue weighted by molar-refractivity contribution is 0.350. The summed E-state index contributed by atoms with van der Waals surface area (Å²) in [5, 5.41) is 0. The molecule has 11 heavy (non-hydrogen) atoms. The van der Waals surface area contributed by atoms with Gasteiger partial charge in [0.1, 0.15) is 0 Å². The first-order valence-corrected chi connectivity index (χ1v) is 5.02. The lowest BCUT2D eigenvalue weighted by Crippen LogP contribution is -2.14. The van der Waals surface area contributed by atoms with Crippen LogP contribution in [0.5, 0.6) is 0 Å². The Morgan fingerprint density at radius 3 is 2.18 bits per heavy atom. The maximum atomic E-state index is 10.2. The molecular weight excluding hydrogens is 162 g/mol. The Kier molecular flexibility index (Phi) is 3.05. The molecule has 0 aromatic rings. The van der Waals surface area contributed by atoms with Gasteiger partial charge in [0.15, 0.2) is 0 Å². The Morgan fingerprint density at radius 1 is 1.18 bits per heavy atom. The van der Waals surface area contributed by atoms with Gasteiger partial charge in [0.25, 0.3) is 0 Å². The topological polar surface area (TPSA) is 46.5 Å². The zero-order valence-electron chi connectivity index (χ0n) is 6.66. The summed E-state index contributed by atoms with van der Waals surface area (Å²) < 4.78 is 24.0. The highest BCUT2D eigenvalue weighted by atomic mass is 32.2. The molecular formula is C7H13NO2S. The Bertz CT molecular complexity index is 229. The van der Waals surface area contributed by atoms with E-state index in [-0.39, 0.29) is 6.04 Å². The molecule has 0 aromatic carbocycles. The maximum absolute atomic E-state index is 10.2. The zero-order chi connectivity index (χ0) is 8.27. The molecule has 0 N–H and O–H groups in total. The summed E-state index contributed by atoms with van der Waals surface area (Å²) in [6.07, 6.45) is 4.11. The zero-order valence-corrected chi connectivity index (χ0v) is 7.47. The second-order valence-electron chi connectivity index (χ2n) is 3.24. The fourth-order valence-electron chi connectivity index (χ4n) is 1.47. The van der Waals surface area contributed by atoms with Gasteiger partial charge >= 0.3 is 10.5 Å². The number of hydrogen-bond acceptors (Lipinski definition) is 3. The highest BCUT2D eigenvalue weighted by Gasteiger charge is 2.17. The molecule has 4 heteroatoms. The summed E-state index contributed by atoms with van der Waals surface area (Å²) >= 11 is 0. The van der Waals surface area contributed by atoms with E-state index in [4.69, 9.17) is 0 Å². The van der Waals surface area contributed by atoms with Crippen LogP contribution in [0, 0.1) is 5.92 Å². The van der Waals surface area contributed by atoms with Gasteiger partial charge in [-0.1, -0.05) is 6.92 Å². The van der Waals surface area contributed by atoms with Gasteiger partial charge in [-0.2, -0.15) is 12.8 Å². The SMILES string of the molecule is CC1CCC(N=S(=O)=O)CC1. The van der Waals surface area contributed by atoms with Crippen LogP contribution < -0.4 is 0 Å². The third-order valence-electron chi connectivity index (χ3n) is 2.22. The molecule has 64 valence electrons. The Morgan fingerprint density at radius 2 is 1.73 bits per heavy atom. The van der Waals surface area contributed by atoms with E-state index in [2.05, 4.69) is 11.3 Å². The summed E-state index contributed by atoms with van der Waals surface area (Å²) in [5.41, 5.74) is 0. The first-order chi connectivity index (χ1) is 5.18. The molecule has 1 aliphatic carbocycles. The van der Waals surface area contributed by atoms with Crippen molar-refractivity contribution in [3.05, 3.63) is 0 Å². The Hall–Kier alpha value is -0.380. The van der Waals surface area contributed by atoms with Crippen LogP contribution >= 0.6 is 0 Å². The standard InChI is InChI=1S/C7H13NO2S/c1-6-2-4-7(5-3-6)8-11(9)10/h6-7H,2-5H2,1H3. The van der Waals surface area contributed by atoms with Crippen LogP contribution in [0.15, 0.2) is 4.36 Å². The third-order valence-corrected chi connectivity index (χ3v) is 2.69. The highest BCUT2D eigenvalue weighted by molar-refractivity contribution is 7.61. The molecule has 0 atom stereocenters. The van der Waals surface area contributed by atoms with E-state index in [1.54, 1.807) is 0 Å². The summed E-state index contributed by atoms with van der Waals surface area (Å²) in [4.78, 5) is 0. The van der Waals surface area contributed by atoms with Crippen molar-refractivity contribution in [1.82, 2.24) is 0 Å². The number of rotatable bonds is 1. The van der Waals surface area contributed by atoms with Crippen molar-refractivity contribution in [3.63, 3.8) is 0 Å². The lowest BCUT2D eigenvalue weighted by Gasteiger charge is -2.21. The molecule has 0 spiro atoms. The third kappa shape index (κ3) is 3.01. The smallest absolute Gasteiger partial charge is 0.168 e. The molecule has 1 aliphatic rings. The van der Waals surface area contributed by atoms with E-state index < -0.39 is 10.5 Å². The van der Waals surface area contributed by atoms with Crippen molar-refractivity contribution in [1.29, 1.82) is 0 Å². The van der Waals surface area contributed by atoms with Crippen LogP contribution in [0.4, 0.5) is 0 Å². The lowest BCUT2D eigenvalue weighted by atomic mass is 9.88. The number of hydrogen-bond donors (Lipinski definition) is 0. The van der Waals surface area contributed by atoms with Gasteiger partial charge in [0, 0.05) is 0 Å². The first-order valence-electron chi connectivity index (χ1n) is 3.98. The average molecular weight is 175 g/mol. The molecule has 0 amide bonds. The van der Waals surface area contributed by atoms with Crippen LogP contribution in [-0.2, 0) is 10.5 Å². The van der Waals surface area contributed by atoms with Crippen LogP contribution in [0.3, 0.4) is 0 Å². The van der Waals surface area contributed by atoms with E-state index in [1.165, 1.54) is 0 Å². The first kappa shape index (κ1) is 8.71. The quantitative estimate of drug-likeness (QED) is 0.608. The maximum Gasteiger partial charge on any atom is 0.311 e. The largest absolute Gasteiger partial charge is 0.311 e. The number of nitrogens with zero attached hydrogens (tertiary/aromatic N) is 1. The predicted octanol–water partition coefficient (Wildman–Crippen LogP) is 1.63. The second kappa shape index (κ2) is 3.85. The van der Waals surface area contributed by atoms with E-state index in [0.29, 0.717) is 0 Å².